The summed E-state index contributed by atoms with van der Waals surface area (Å²) in [6.45, 7) is 1.66. The maximum Gasteiger partial charge on any atom is 0.0477 e. The van der Waals surface area contributed by atoms with E-state index in [1.54, 1.807) is 0 Å². The van der Waals surface area contributed by atoms with E-state index < -0.39 is 0 Å². The lowest BCUT2D eigenvalue weighted by Gasteiger charge is -2.16. The Kier molecular flexibility index (Phi) is 3.99. The monoisotopic (exact) mass is 368 g/mol. The van der Waals surface area contributed by atoms with Crippen molar-refractivity contribution in [2.45, 2.75) is 12.8 Å². The molecule has 1 aromatic carbocycles. The largest absolute Gasteiger partial charge is 0.381 e. The van der Waals surface area contributed by atoms with Gasteiger partial charge in [0.05, 0.1) is 0 Å². The summed E-state index contributed by atoms with van der Waals surface area (Å²) < 4.78 is 6.43. The number of hydrogen-bond donors (Lipinski definition) is 2. The number of hydrogen-bond acceptors (Lipinski definition) is 1. The highest BCUT2D eigenvalue weighted by Gasteiger charge is 2.12. The molecule has 1 aliphatic heterocycles. The molecule has 0 radical (unpaired) electrons. The molecule has 0 amide bonds. The van der Waals surface area contributed by atoms with Crippen LogP contribution >= 0.6 is 15.9 Å². The average Bonchev–Trinajstić information content (AvgIpc) is 3.22. The predicted molar refractivity (Wildman–Crippen MR) is 96.2 cm³/mol. The zero-order valence-electron chi connectivity index (χ0n) is 12.7. The zero-order valence-corrected chi connectivity index (χ0v) is 14.2. The minimum Gasteiger partial charge on any atom is -0.381 e. The molecule has 0 bridgehead atoms. The molecule has 0 spiro atoms. The molecule has 1 saturated heterocycles. The van der Waals surface area contributed by atoms with E-state index in [0.29, 0.717) is 5.92 Å². The van der Waals surface area contributed by atoms with Crippen LogP contribution in [0.2, 0.25) is 0 Å². The maximum atomic E-state index is 5.39. The van der Waals surface area contributed by atoms with Gasteiger partial charge in [0, 0.05) is 63.7 Å². The summed E-state index contributed by atoms with van der Waals surface area (Å²) in [5.74, 6) is 7.18. The first kappa shape index (κ1) is 14.6. The SMILES string of the molecule is Brc1cc2c(-c3ccc[nH]3)c[nH]c2cc1C#CC1CCOCC1. The number of aromatic amines is 2. The highest BCUT2D eigenvalue weighted by Crippen LogP contribution is 2.31. The van der Waals surface area contributed by atoms with Crippen LogP contribution in [-0.4, -0.2) is 23.2 Å². The molecule has 2 aromatic heterocycles. The van der Waals surface area contributed by atoms with Gasteiger partial charge in [-0.25, -0.2) is 0 Å². The van der Waals surface area contributed by atoms with Crippen molar-refractivity contribution < 1.29 is 4.74 Å². The van der Waals surface area contributed by atoms with Crippen molar-refractivity contribution in [2.24, 2.45) is 5.92 Å². The van der Waals surface area contributed by atoms with Crippen molar-refractivity contribution >= 4 is 26.8 Å². The van der Waals surface area contributed by atoms with Crippen molar-refractivity contribution in [2.75, 3.05) is 13.2 Å². The fraction of sp³-hybridized carbons (Fsp3) is 0.263. The van der Waals surface area contributed by atoms with Gasteiger partial charge in [-0.1, -0.05) is 11.8 Å². The molecule has 116 valence electrons. The number of halogens is 1. The molecule has 1 fully saturated rings. The second-order valence-corrected chi connectivity index (χ2v) is 6.67. The summed E-state index contributed by atoms with van der Waals surface area (Å²) in [4.78, 5) is 6.61. The van der Waals surface area contributed by atoms with Crippen LogP contribution < -0.4 is 0 Å². The molecule has 4 rings (SSSR count). The lowest BCUT2D eigenvalue weighted by Crippen LogP contribution is -2.13. The fourth-order valence-electron chi connectivity index (χ4n) is 2.98. The number of fused-ring (bicyclic) bond motifs is 1. The topological polar surface area (TPSA) is 40.8 Å². The van der Waals surface area contributed by atoms with Crippen LogP contribution in [0.5, 0.6) is 0 Å². The predicted octanol–water partition coefficient (Wildman–Crippen LogP) is 4.70. The molecule has 23 heavy (non-hydrogen) atoms. The van der Waals surface area contributed by atoms with Crippen molar-refractivity contribution in [1.29, 1.82) is 0 Å². The number of rotatable bonds is 1. The van der Waals surface area contributed by atoms with Crippen molar-refractivity contribution in [3.8, 4) is 23.1 Å². The molecule has 2 N–H and O–H groups in total. The van der Waals surface area contributed by atoms with E-state index in [1.165, 1.54) is 10.9 Å². The Bertz CT molecular complexity index is 877. The summed E-state index contributed by atoms with van der Waals surface area (Å²) in [7, 11) is 0. The second kappa shape index (κ2) is 6.27. The number of nitrogens with one attached hydrogen (secondary N) is 2. The van der Waals surface area contributed by atoms with E-state index in [2.05, 4.69) is 55.9 Å². The maximum absolute atomic E-state index is 5.39. The minimum atomic E-state index is 0.449. The minimum absolute atomic E-state index is 0.449. The van der Waals surface area contributed by atoms with Gasteiger partial charge >= 0.3 is 0 Å². The highest BCUT2D eigenvalue weighted by molar-refractivity contribution is 9.10. The fourth-order valence-corrected chi connectivity index (χ4v) is 3.42. The quantitative estimate of drug-likeness (QED) is 0.600. The summed E-state index contributed by atoms with van der Waals surface area (Å²) in [5, 5.41) is 1.19. The Balaban J connectivity index is 1.70. The van der Waals surface area contributed by atoms with Crippen LogP contribution in [-0.2, 0) is 4.74 Å². The molecule has 0 unspecified atom stereocenters. The molecule has 0 atom stereocenters. The van der Waals surface area contributed by atoms with Gasteiger partial charge < -0.3 is 14.7 Å². The summed E-state index contributed by atoms with van der Waals surface area (Å²) in [6.07, 6.45) is 6.05. The lowest BCUT2D eigenvalue weighted by molar-refractivity contribution is 0.0807. The molecule has 4 heteroatoms. The molecule has 3 aromatic rings. The van der Waals surface area contributed by atoms with Crippen molar-refractivity contribution in [1.82, 2.24) is 9.97 Å². The second-order valence-electron chi connectivity index (χ2n) is 5.82. The first-order valence-electron chi connectivity index (χ1n) is 7.85. The van der Waals surface area contributed by atoms with E-state index in [-0.39, 0.29) is 0 Å². The third kappa shape index (κ3) is 2.95. The molecule has 3 nitrogen and oxygen atoms in total. The molecular formula is C19H17BrN2O. The Hall–Kier alpha value is -1.96. The third-order valence-corrected chi connectivity index (χ3v) is 4.95. The van der Waals surface area contributed by atoms with Crippen LogP contribution in [0, 0.1) is 17.8 Å². The molecule has 1 aliphatic rings. The summed E-state index contributed by atoms with van der Waals surface area (Å²) in [5.41, 5.74) is 4.43. The normalized spacial score (nSPS) is 15.5. The van der Waals surface area contributed by atoms with Gasteiger partial charge in [0.2, 0.25) is 0 Å². The van der Waals surface area contributed by atoms with E-state index in [4.69, 9.17) is 4.74 Å². The van der Waals surface area contributed by atoms with Crippen molar-refractivity contribution in [3.63, 3.8) is 0 Å². The van der Waals surface area contributed by atoms with Gasteiger partial charge in [0.25, 0.3) is 0 Å². The van der Waals surface area contributed by atoms with E-state index >= 15 is 0 Å². The molecule has 3 heterocycles. The average molecular weight is 369 g/mol. The van der Waals surface area contributed by atoms with Gasteiger partial charge in [-0.2, -0.15) is 0 Å². The number of H-pyrrole nitrogens is 2. The summed E-state index contributed by atoms with van der Waals surface area (Å²) >= 11 is 3.67. The Morgan fingerprint density at radius 2 is 2.04 bits per heavy atom. The number of aromatic nitrogens is 2. The van der Waals surface area contributed by atoms with E-state index in [9.17, 15) is 0 Å². The van der Waals surface area contributed by atoms with Gasteiger partial charge in [-0.15, -0.1) is 0 Å². The molecule has 0 aliphatic carbocycles. The van der Waals surface area contributed by atoms with Gasteiger partial charge in [0.15, 0.2) is 0 Å². The Morgan fingerprint density at radius 3 is 2.83 bits per heavy atom. The third-order valence-electron chi connectivity index (χ3n) is 4.29. The van der Waals surface area contributed by atoms with Crippen LogP contribution in [0.4, 0.5) is 0 Å². The van der Waals surface area contributed by atoms with Crippen molar-refractivity contribution in [3.05, 3.63) is 46.7 Å². The first-order chi connectivity index (χ1) is 11.3. The highest BCUT2D eigenvalue weighted by atomic mass is 79.9. The van der Waals surface area contributed by atoms with Crippen LogP contribution in [0.1, 0.15) is 18.4 Å². The van der Waals surface area contributed by atoms with E-state index in [1.807, 2.05) is 18.5 Å². The molecule has 0 saturated carbocycles. The van der Waals surface area contributed by atoms with E-state index in [0.717, 1.165) is 47.3 Å². The van der Waals surface area contributed by atoms with Gasteiger partial charge in [-0.05, 0) is 53.0 Å². The first-order valence-corrected chi connectivity index (χ1v) is 8.64. The van der Waals surface area contributed by atoms with Crippen LogP contribution in [0.15, 0.2) is 41.1 Å². The van der Waals surface area contributed by atoms with Crippen LogP contribution in [0.25, 0.3) is 22.2 Å². The number of benzene rings is 1. The van der Waals surface area contributed by atoms with Crippen LogP contribution in [0.3, 0.4) is 0 Å². The van der Waals surface area contributed by atoms with Gasteiger partial charge in [-0.3, -0.25) is 0 Å². The zero-order chi connectivity index (χ0) is 15.6. The molecular weight excluding hydrogens is 352 g/mol. The lowest BCUT2D eigenvalue weighted by atomic mass is 10.0. The number of ether oxygens (including phenoxy) is 1. The smallest absolute Gasteiger partial charge is 0.0477 e. The van der Waals surface area contributed by atoms with Gasteiger partial charge in [0.1, 0.15) is 0 Å². The Labute approximate surface area is 143 Å². The summed E-state index contributed by atoms with van der Waals surface area (Å²) in [6, 6.07) is 8.36. The standard InChI is InChI=1S/C19H17BrN2O/c20-17-11-15-16(18-2-1-7-21-18)12-22-19(15)10-14(17)4-3-13-5-8-23-9-6-13/h1-2,7,10-13,21-22H,5-6,8-9H2. The Morgan fingerprint density at radius 1 is 1.17 bits per heavy atom.